The molecule has 0 radical (unpaired) electrons. The Morgan fingerprint density at radius 2 is 2.00 bits per heavy atom. The van der Waals surface area contributed by atoms with Gasteiger partial charge in [0.05, 0.1) is 0 Å². The fourth-order valence-corrected chi connectivity index (χ4v) is 3.57. The van der Waals surface area contributed by atoms with Crippen molar-refractivity contribution in [2.24, 2.45) is 0 Å². The van der Waals surface area contributed by atoms with E-state index in [2.05, 4.69) is 28.9 Å². The van der Waals surface area contributed by atoms with Crippen molar-refractivity contribution in [1.82, 2.24) is 9.80 Å². The molecule has 0 spiro atoms. The molecule has 0 aromatic heterocycles. The average molecular weight is 259 g/mol. The van der Waals surface area contributed by atoms with Gasteiger partial charge in [0.2, 0.25) is 0 Å². The van der Waals surface area contributed by atoms with Crippen LogP contribution < -0.4 is 5.73 Å². The minimum Gasteiger partial charge on any atom is -0.398 e. The largest absolute Gasteiger partial charge is 0.398 e. The molecule has 1 fully saturated rings. The average Bonchev–Trinajstić information content (AvgIpc) is 2.47. The van der Waals surface area contributed by atoms with E-state index in [1.165, 1.54) is 50.1 Å². The molecule has 1 aromatic rings. The summed E-state index contributed by atoms with van der Waals surface area (Å²) in [6.45, 7) is 8.27. The maximum Gasteiger partial charge on any atom is 0.0350 e. The summed E-state index contributed by atoms with van der Waals surface area (Å²) < 4.78 is 0. The minimum absolute atomic E-state index is 0.775. The molecule has 19 heavy (non-hydrogen) atoms. The van der Waals surface area contributed by atoms with E-state index in [9.17, 15) is 0 Å². The molecule has 1 saturated heterocycles. The zero-order valence-corrected chi connectivity index (χ0v) is 11.9. The Hall–Kier alpha value is -1.06. The lowest BCUT2D eigenvalue weighted by Crippen LogP contribution is -2.46. The van der Waals surface area contributed by atoms with Crippen LogP contribution in [0.4, 0.5) is 5.69 Å². The Labute approximate surface area is 116 Å². The smallest absolute Gasteiger partial charge is 0.0350 e. The number of nitrogens with zero attached hydrogens (tertiary/aromatic N) is 2. The molecule has 104 valence electrons. The number of piperidine rings is 1. The molecule has 0 atom stereocenters. The van der Waals surface area contributed by atoms with Crippen LogP contribution >= 0.6 is 0 Å². The molecule has 2 N–H and O–H groups in total. The molecule has 1 aromatic carbocycles. The van der Waals surface area contributed by atoms with Gasteiger partial charge >= 0.3 is 0 Å². The Morgan fingerprint density at radius 3 is 2.74 bits per heavy atom. The molecule has 2 aliphatic heterocycles. The Balaban J connectivity index is 1.66. The molecule has 3 nitrogen and oxygen atoms in total. The van der Waals surface area contributed by atoms with E-state index in [0.29, 0.717) is 0 Å². The van der Waals surface area contributed by atoms with E-state index < -0.39 is 0 Å². The van der Waals surface area contributed by atoms with Crippen molar-refractivity contribution in [2.75, 3.05) is 31.9 Å². The van der Waals surface area contributed by atoms with Gasteiger partial charge in [-0.25, -0.2) is 0 Å². The van der Waals surface area contributed by atoms with Crippen LogP contribution in [0.5, 0.6) is 0 Å². The number of nitrogen functional groups attached to an aromatic ring is 1. The number of likely N-dealkylation sites (tertiary alicyclic amines) is 1. The van der Waals surface area contributed by atoms with E-state index in [1.54, 1.807) is 0 Å². The van der Waals surface area contributed by atoms with E-state index >= 15 is 0 Å². The predicted octanol–water partition coefficient (Wildman–Crippen LogP) is 2.11. The van der Waals surface area contributed by atoms with Gasteiger partial charge in [-0.3, -0.25) is 4.90 Å². The highest BCUT2D eigenvalue weighted by molar-refractivity contribution is 5.51. The predicted molar refractivity (Wildman–Crippen MR) is 80.1 cm³/mol. The van der Waals surface area contributed by atoms with Gasteiger partial charge < -0.3 is 10.6 Å². The maximum atomic E-state index is 6.08. The summed E-state index contributed by atoms with van der Waals surface area (Å²) in [4.78, 5) is 5.24. The topological polar surface area (TPSA) is 32.5 Å². The van der Waals surface area contributed by atoms with Crippen LogP contribution in [0.25, 0.3) is 0 Å². The fourth-order valence-electron chi connectivity index (χ4n) is 3.57. The summed E-state index contributed by atoms with van der Waals surface area (Å²) in [7, 11) is 0. The first-order chi connectivity index (χ1) is 9.28. The Kier molecular flexibility index (Phi) is 3.76. The number of fused-ring (bicyclic) bond motifs is 1. The van der Waals surface area contributed by atoms with E-state index in [4.69, 9.17) is 5.73 Å². The van der Waals surface area contributed by atoms with Crippen LogP contribution in [0, 0.1) is 0 Å². The molecule has 2 heterocycles. The Morgan fingerprint density at radius 1 is 1.21 bits per heavy atom. The van der Waals surface area contributed by atoms with Crippen LogP contribution in [0.3, 0.4) is 0 Å². The second-order valence-electron chi connectivity index (χ2n) is 5.87. The van der Waals surface area contributed by atoms with Crippen LogP contribution in [0.1, 0.15) is 30.9 Å². The summed E-state index contributed by atoms with van der Waals surface area (Å²) in [5.41, 5.74) is 9.90. The highest BCUT2D eigenvalue weighted by atomic mass is 15.2. The number of nitrogens with two attached hydrogens (primary N) is 1. The van der Waals surface area contributed by atoms with Crippen molar-refractivity contribution < 1.29 is 0 Å². The van der Waals surface area contributed by atoms with Gasteiger partial charge in [0.1, 0.15) is 0 Å². The summed E-state index contributed by atoms with van der Waals surface area (Å²) in [5.74, 6) is 0. The number of hydrogen-bond acceptors (Lipinski definition) is 3. The number of benzene rings is 1. The molecule has 0 unspecified atom stereocenters. The normalized spacial score (nSPS) is 22.4. The molecular formula is C16H25N3. The van der Waals surface area contributed by atoms with Gasteiger partial charge in [-0.1, -0.05) is 19.1 Å². The molecule has 0 bridgehead atoms. The van der Waals surface area contributed by atoms with Gasteiger partial charge in [0.15, 0.2) is 0 Å². The molecule has 0 aliphatic carbocycles. The van der Waals surface area contributed by atoms with Crippen molar-refractivity contribution in [3.63, 3.8) is 0 Å². The molecule has 0 amide bonds. The minimum atomic E-state index is 0.775. The van der Waals surface area contributed by atoms with Gasteiger partial charge in [0, 0.05) is 24.8 Å². The SMILES string of the molecule is CCN1CCC(N2CCc3c(N)cccc3C2)CC1. The first-order valence-corrected chi connectivity index (χ1v) is 7.60. The first-order valence-electron chi connectivity index (χ1n) is 7.60. The van der Waals surface area contributed by atoms with Crippen molar-refractivity contribution in [3.8, 4) is 0 Å². The molecule has 3 rings (SSSR count). The third-order valence-corrected chi connectivity index (χ3v) is 4.85. The monoisotopic (exact) mass is 259 g/mol. The highest BCUT2D eigenvalue weighted by Gasteiger charge is 2.27. The van der Waals surface area contributed by atoms with E-state index in [-0.39, 0.29) is 0 Å². The Bertz CT molecular complexity index is 436. The van der Waals surface area contributed by atoms with Crippen LogP contribution in [-0.4, -0.2) is 42.0 Å². The summed E-state index contributed by atoms with van der Waals surface area (Å²) in [5, 5.41) is 0. The third-order valence-electron chi connectivity index (χ3n) is 4.85. The fraction of sp³-hybridized carbons (Fsp3) is 0.625. The highest BCUT2D eigenvalue weighted by Crippen LogP contribution is 2.27. The molecular weight excluding hydrogens is 234 g/mol. The van der Waals surface area contributed by atoms with Crippen molar-refractivity contribution in [2.45, 2.75) is 38.8 Å². The summed E-state index contributed by atoms with van der Waals surface area (Å²) in [6.07, 6.45) is 3.77. The van der Waals surface area contributed by atoms with E-state index in [0.717, 1.165) is 24.7 Å². The van der Waals surface area contributed by atoms with Crippen LogP contribution in [0.15, 0.2) is 18.2 Å². The maximum absolute atomic E-state index is 6.08. The van der Waals surface area contributed by atoms with Crippen LogP contribution in [-0.2, 0) is 13.0 Å². The molecule has 3 heteroatoms. The van der Waals surface area contributed by atoms with Gasteiger partial charge in [-0.2, -0.15) is 0 Å². The lowest BCUT2D eigenvalue weighted by molar-refractivity contribution is 0.101. The van der Waals surface area contributed by atoms with Gasteiger partial charge in [-0.05, 0) is 56.1 Å². The second-order valence-corrected chi connectivity index (χ2v) is 5.87. The number of rotatable bonds is 2. The summed E-state index contributed by atoms with van der Waals surface area (Å²) >= 11 is 0. The van der Waals surface area contributed by atoms with Gasteiger partial charge in [0.25, 0.3) is 0 Å². The molecule has 2 aliphatic rings. The standard InChI is InChI=1S/C16H25N3/c1-2-18-9-6-14(7-10-18)19-11-8-15-13(12-19)4-3-5-16(15)17/h3-5,14H,2,6-12,17H2,1H3. The van der Waals surface area contributed by atoms with Crippen molar-refractivity contribution >= 4 is 5.69 Å². The number of anilines is 1. The zero-order valence-electron chi connectivity index (χ0n) is 11.9. The zero-order chi connectivity index (χ0) is 13.2. The molecule has 0 saturated carbocycles. The quantitative estimate of drug-likeness (QED) is 0.826. The van der Waals surface area contributed by atoms with Crippen molar-refractivity contribution in [1.29, 1.82) is 0 Å². The van der Waals surface area contributed by atoms with Gasteiger partial charge in [-0.15, -0.1) is 0 Å². The lowest BCUT2D eigenvalue weighted by Gasteiger charge is -2.40. The number of hydrogen-bond donors (Lipinski definition) is 1. The lowest BCUT2D eigenvalue weighted by atomic mass is 9.94. The van der Waals surface area contributed by atoms with Crippen LogP contribution in [0.2, 0.25) is 0 Å². The summed E-state index contributed by atoms with van der Waals surface area (Å²) in [6, 6.07) is 7.15. The third kappa shape index (κ3) is 2.63. The first kappa shape index (κ1) is 12.9. The van der Waals surface area contributed by atoms with E-state index in [1.807, 2.05) is 6.07 Å². The van der Waals surface area contributed by atoms with Crippen molar-refractivity contribution in [3.05, 3.63) is 29.3 Å². The second kappa shape index (κ2) is 5.51.